The Morgan fingerprint density at radius 1 is 1.33 bits per heavy atom. The molecule has 21 heavy (non-hydrogen) atoms. The van der Waals surface area contributed by atoms with Gasteiger partial charge in [0.25, 0.3) is 0 Å². The monoisotopic (exact) mass is 313 g/mol. The van der Waals surface area contributed by atoms with Crippen LogP contribution < -0.4 is 10.5 Å². The summed E-state index contributed by atoms with van der Waals surface area (Å²) in [5.41, 5.74) is 6.08. The minimum Gasteiger partial charge on any atom is -0.398 e. The van der Waals surface area contributed by atoms with Gasteiger partial charge in [0.05, 0.1) is 4.90 Å². The van der Waals surface area contributed by atoms with Crippen LogP contribution in [-0.2, 0) is 10.0 Å². The highest BCUT2D eigenvalue weighted by Gasteiger charge is 2.35. The zero-order chi connectivity index (χ0) is 15.2. The first-order chi connectivity index (χ1) is 9.87. The molecule has 7 heteroatoms. The van der Waals surface area contributed by atoms with Crippen molar-refractivity contribution in [2.75, 3.05) is 18.8 Å². The lowest BCUT2D eigenvalue weighted by molar-refractivity contribution is 0.322. The molecule has 0 spiro atoms. The van der Waals surface area contributed by atoms with Gasteiger partial charge in [-0.25, -0.2) is 17.5 Å². The molecule has 116 valence electrons. The summed E-state index contributed by atoms with van der Waals surface area (Å²) in [6, 6.07) is 2.86. The number of sulfonamides is 1. The fourth-order valence-corrected chi connectivity index (χ4v) is 4.08. The SMILES string of the molecule is Cc1c(N)cc(S(=O)(=O)NC2CCN(C3CC3)C2)cc1F. The number of rotatable bonds is 4. The molecule has 0 amide bonds. The second kappa shape index (κ2) is 5.23. The predicted molar refractivity (Wildman–Crippen MR) is 78.9 cm³/mol. The third-order valence-electron chi connectivity index (χ3n) is 4.27. The van der Waals surface area contributed by atoms with Gasteiger partial charge in [-0.1, -0.05) is 0 Å². The van der Waals surface area contributed by atoms with E-state index in [0.29, 0.717) is 6.04 Å². The summed E-state index contributed by atoms with van der Waals surface area (Å²) >= 11 is 0. The van der Waals surface area contributed by atoms with Gasteiger partial charge in [-0.2, -0.15) is 0 Å². The second-order valence-electron chi connectivity index (χ2n) is 5.95. The average molecular weight is 313 g/mol. The van der Waals surface area contributed by atoms with Crippen molar-refractivity contribution in [3.8, 4) is 0 Å². The molecule has 0 radical (unpaired) electrons. The van der Waals surface area contributed by atoms with E-state index >= 15 is 0 Å². The van der Waals surface area contributed by atoms with Gasteiger partial charge >= 0.3 is 0 Å². The Morgan fingerprint density at radius 3 is 2.67 bits per heavy atom. The van der Waals surface area contributed by atoms with Crippen molar-refractivity contribution in [3.63, 3.8) is 0 Å². The number of nitrogens with one attached hydrogen (secondary N) is 1. The molecule has 1 unspecified atom stereocenters. The Balaban J connectivity index is 1.75. The molecule has 1 heterocycles. The zero-order valence-electron chi connectivity index (χ0n) is 12.0. The Bertz CT molecular complexity index is 635. The molecule has 1 atom stereocenters. The summed E-state index contributed by atoms with van der Waals surface area (Å²) in [5.74, 6) is -0.596. The molecule has 3 rings (SSSR count). The van der Waals surface area contributed by atoms with E-state index < -0.39 is 15.8 Å². The van der Waals surface area contributed by atoms with Gasteiger partial charge in [-0.3, -0.25) is 4.90 Å². The summed E-state index contributed by atoms with van der Waals surface area (Å²) in [5, 5.41) is 0. The van der Waals surface area contributed by atoms with Crippen LogP contribution in [0.2, 0.25) is 0 Å². The molecule has 1 aliphatic carbocycles. The van der Waals surface area contributed by atoms with E-state index in [1.165, 1.54) is 25.8 Å². The minimum absolute atomic E-state index is 0.104. The first-order valence-corrected chi connectivity index (χ1v) is 8.67. The predicted octanol–water partition coefficient (Wildman–Crippen LogP) is 1.23. The van der Waals surface area contributed by atoms with E-state index in [1.54, 1.807) is 0 Å². The third-order valence-corrected chi connectivity index (χ3v) is 5.77. The van der Waals surface area contributed by atoms with Crippen molar-refractivity contribution < 1.29 is 12.8 Å². The molecule has 1 aliphatic heterocycles. The summed E-state index contributed by atoms with van der Waals surface area (Å²) in [4.78, 5) is 2.21. The molecule has 0 bridgehead atoms. The number of hydrogen-bond acceptors (Lipinski definition) is 4. The Morgan fingerprint density at radius 2 is 2.05 bits per heavy atom. The molecular weight excluding hydrogens is 293 g/mol. The Labute approximate surface area is 124 Å². The molecule has 2 fully saturated rings. The van der Waals surface area contributed by atoms with Crippen molar-refractivity contribution in [2.45, 2.75) is 43.2 Å². The van der Waals surface area contributed by atoms with Crippen LogP contribution in [0.1, 0.15) is 24.8 Å². The fourth-order valence-electron chi connectivity index (χ4n) is 2.77. The first-order valence-electron chi connectivity index (χ1n) is 7.19. The van der Waals surface area contributed by atoms with Gasteiger partial charge in [-0.05, 0) is 38.3 Å². The van der Waals surface area contributed by atoms with Gasteiger partial charge in [0, 0.05) is 36.4 Å². The van der Waals surface area contributed by atoms with E-state index in [-0.39, 0.29) is 22.2 Å². The minimum atomic E-state index is -3.73. The Hall–Kier alpha value is -1.18. The normalized spacial score (nSPS) is 23.6. The van der Waals surface area contributed by atoms with Crippen LogP contribution in [-0.4, -0.2) is 38.5 Å². The van der Waals surface area contributed by atoms with Gasteiger partial charge in [0.1, 0.15) is 5.82 Å². The lowest BCUT2D eigenvalue weighted by atomic mass is 10.2. The van der Waals surface area contributed by atoms with E-state index in [0.717, 1.165) is 25.6 Å². The summed E-state index contributed by atoms with van der Waals surface area (Å²) in [6.07, 6.45) is 3.21. The maximum atomic E-state index is 13.7. The van der Waals surface area contributed by atoms with Crippen LogP contribution in [0.15, 0.2) is 17.0 Å². The van der Waals surface area contributed by atoms with Crippen LogP contribution in [0.5, 0.6) is 0 Å². The van der Waals surface area contributed by atoms with Crippen LogP contribution in [0, 0.1) is 12.7 Å². The fraction of sp³-hybridized carbons (Fsp3) is 0.571. The van der Waals surface area contributed by atoms with E-state index in [4.69, 9.17) is 5.73 Å². The van der Waals surface area contributed by atoms with Gasteiger partial charge in [-0.15, -0.1) is 0 Å². The van der Waals surface area contributed by atoms with E-state index in [2.05, 4.69) is 9.62 Å². The van der Waals surface area contributed by atoms with Crippen molar-refractivity contribution >= 4 is 15.7 Å². The molecule has 0 aromatic heterocycles. The van der Waals surface area contributed by atoms with E-state index in [1.807, 2.05) is 0 Å². The van der Waals surface area contributed by atoms with Gasteiger partial charge in [0.2, 0.25) is 10.0 Å². The quantitative estimate of drug-likeness (QED) is 0.820. The second-order valence-corrected chi connectivity index (χ2v) is 7.67. The third kappa shape index (κ3) is 3.04. The largest absolute Gasteiger partial charge is 0.398 e. The molecular formula is C14H20FN3O2S. The van der Waals surface area contributed by atoms with E-state index in [9.17, 15) is 12.8 Å². The summed E-state index contributed by atoms with van der Waals surface area (Å²) in [6.45, 7) is 3.18. The molecule has 1 saturated heterocycles. The summed E-state index contributed by atoms with van der Waals surface area (Å²) < 4.78 is 41.0. The van der Waals surface area contributed by atoms with Gasteiger partial charge < -0.3 is 5.73 Å². The standard InChI is InChI=1S/C14H20FN3O2S/c1-9-13(15)6-12(7-14(9)16)21(19,20)17-10-4-5-18(8-10)11-2-3-11/h6-7,10-11,17H,2-5,8,16H2,1H3. The maximum absolute atomic E-state index is 13.7. The molecule has 1 saturated carbocycles. The van der Waals surface area contributed by atoms with Gasteiger partial charge in [0.15, 0.2) is 0 Å². The highest BCUT2D eigenvalue weighted by Crippen LogP contribution is 2.30. The lowest BCUT2D eigenvalue weighted by Gasteiger charge is -2.16. The molecule has 1 aromatic carbocycles. The highest BCUT2D eigenvalue weighted by atomic mass is 32.2. The van der Waals surface area contributed by atoms with Crippen LogP contribution in [0.3, 0.4) is 0 Å². The number of anilines is 1. The number of benzene rings is 1. The Kier molecular flexibility index (Phi) is 3.67. The molecule has 5 nitrogen and oxygen atoms in total. The maximum Gasteiger partial charge on any atom is 0.241 e. The highest BCUT2D eigenvalue weighted by molar-refractivity contribution is 7.89. The van der Waals surface area contributed by atoms with Crippen LogP contribution in [0.4, 0.5) is 10.1 Å². The molecule has 3 N–H and O–H groups in total. The van der Waals surface area contributed by atoms with Crippen LogP contribution >= 0.6 is 0 Å². The number of likely N-dealkylation sites (tertiary alicyclic amines) is 1. The van der Waals surface area contributed by atoms with Crippen molar-refractivity contribution in [3.05, 3.63) is 23.5 Å². The lowest BCUT2D eigenvalue weighted by Crippen LogP contribution is -2.37. The number of nitrogens with two attached hydrogens (primary N) is 1. The van der Waals surface area contributed by atoms with Crippen LogP contribution in [0.25, 0.3) is 0 Å². The topological polar surface area (TPSA) is 75.4 Å². The summed E-state index contributed by atoms with van der Waals surface area (Å²) in [7, 11) is -3.73. The smallest absolute Gasteiger partial charge is 0.241 e. The zero-order valence-corrected chi connectivity index (χ0v) is 12.8. The molecule has 1 aromatic rings. The molecule has 2 aliphatic rings. The number of hydrogen-bond donors (Lipinski definition) is 2. The number of halogens is 1. The number of nitrogens with zero attached hydrogens (tertiary/aromatic N) is 1. The van der Waals surface area contributed by atoms with Crippen molar-refractivity contribution in [1.29, 1.82) is 0 Å². The van der Waals surface area contributed by atoms with Crippen molar-refractivity contribution in [2.24, 2.45) is 0 Å². The van der Waals surface area contributed by atoms with Crippen molar-refractivity contribution in [1.82, 2.24) is 9.62 Å². The average Bonchev–Trinajstić information content (AvgIpc) is 3.16. The first kappa shape index (κ1) is 14.7. The number of nitrogen functional groups attached to an aromatic ring is 1.